The number of thioether (sulfide) groups is 1. The van der Waals surface area contributed by atoms with Gasteiger partial charge in [0.25, 0.3) is 0 Å². The van der Waals surface area contributed by atoms with E-state index >= 15 is 0 Å². The monoisotopic (exact) mass is 350 g/mol. The molecule has 2 aromatic rings. The number of benzene rings is 2. The van der Waals surface area contributed by atoms with Crippen LogP contribution in [-0.4, -0.2) is 31.7 Å². The van der Waals surface area contributed by atoms with Crippen molar-refractivity contribution in [1.82, 2.24) is 0 Å². The highest BCUT2D eigenvalue weighted by Crippen LogP contribution is 2.26. The second-order valence-corrected chi connectivity index (χ2v) is 5.89. The van der Waals surface area contributed by atoms with Crippen molar-refractivity contribution in [2.24, 2.45) is 0 Å². The molecule has 23 heavy (non-hydrogen) atoms. The second-order valence-electron chi connectivity index (χ2n) is 4.57. The fraction of sp³-hybridized carbons (Fsp3) is 0.176. The lowest BCUT2D eigenvalue weighted by Gasteiger charge is -2.09. The van der Waals surface area contributed by atoms with Crippen molar-refractivity contribution in [1.29, 1.82) is 0 Å². The van der Waals surface area contributed by atoms with Gasteiger partial charge in [0, 0.05) is 15.5 Å². The van der Waals surface area contributed by atoms with Crippen molar-refractivity contribution in [3.63, 3.8) is 0 Å². The van der Waals surface area contributed by atoms with E-state index in [9.17, 15) is 9.59 Å². The molecule has 4 nitrogen and oxygen atoms in total. The average Bonchev–Trinajstić information content (AvgIpc) is 2.59. The standard InChI is InChI=1S/C17H15ClO4S/c1-21-16-9-13(23-2)7-8-14(16)17(20)22-10-15(19)11-3-5-12(18)6-4-11/h3-9H,10H2,1-2H3. The average molecular weight is 351 g/mol. The number of methoxy groups -OCH3 is 1. The smallest absolute Gasteiger partial charge is 0.342 e. The Labute approximate surface area is 143 Å². The number of hydrogen-bond donors (Lipinski definition) is 0. The van der Waals surface area contributed by atoms with Crippen molar-refractivity contribution < 1.29 is 19.1 Å². The van der Waals surface area contributed by atoms with Crippen molar-refractivity contribution in [2.45, 2.75) is 4.90 Å². The Morgan fingerprint density at radius 3 is 2.43 bits per heavy atom. The molecule has 0 fully saturated rings. The summed E-state index contributed by atoms with van der Waals surface area (Å²) in [5, 5.41) is 0.539. The van der Waals surface area contributed by atoms with Gasteiger partial charge < -0.3 is 9.47 Å². The molecule has 0 N–H and O–H groups in total. The van der Waals surface area contributed by atoms with Gasteiger partial charge >= 0.3 is 5.97 Å². The Balaban J connectivity index is 2.04. The molecule has 0 spiro atoms. The molecule has 0 unspecified atom stereocenters. The van der Waals surface area contributed by atoms with E-state index in [1.807, 2.05) is 6.26 Å². The largest absolute Gasteiger partial charge is 0.496 e. The topological polar surface area (TPSA) is 52.6 Å². The Bertz CT molecular complexity index is 713. The van der Waals surface area contributed by atoms with Crippen LogP contribution in [0.1, 0.15) is 20.7 Å². The number of carbonyl (C=O) groups is 2. The maximum atomic E-state index is 12.1. The summed E-state index contributed by atoms with van der Waals surface area (Å²) in [6, 6.07) is 11.6. The first kappa shape index (κ1) is 17.4. The summed E-state index contributed by atoms with van der Waals surface area (Å²) in [7, 11) is 1.48. The van der Waals surface area contributed by atoms with E-state index in [0.29, 0.717) is 16.3 Å². The summed E-state index contributed by atoms with van der Waals surface area (Å²) < 4.78 is 10.3. The Kier molecular flexibility index (Phi) is 6.07. The molecule has 2 rings (SSSR count). The maximum absolute atomic E-state index is 12.1. The summed E-state index contributed by atoms with van der Waals surface area (Å²) in [6.07, 6.45) is 1.93. The molecular weight excluding hydrogens is 336 g/mol. The number of ketones is 1. The van der Waals surface area contributed by atoms with E-state index in [-0.39, 0.29) is 18.0 Å². The van der Waals surface area contributed by atoms with E-state index in [4.69, 9.17) is 21.1 Å². The van der Waals surface area contributed by atoms with Gasteiger partial charge in [0.1, 0.15) is 11.3 Å². The number of hydrogen-bond acceptors (Lipinski definition) is 5. The van der Waals surface area contributed by atoms with Crippen LogP contribution in [0.5, 0.6) is 5.75 Å². The Morgan fingerprint density at radius 2 is 1.83 bits per heavy atom. The molecule has 0 aromatic heterocycles. The minimum Gasteiger partial charge on any atom is -0.496 e. The first-order valence-electron chi connectivity index (χ1n) is 6.73. The van der Waals surface area contributed by atoms with Gasteiger partial charge in [-0.05, 0) is 48.7 Å². The summed E-state index contributed by atoms with van der Waals surface area (Å²) in [6.45, 7) is -0.339. The molecule has 0 amide bonds. The zero-order valence-corrected chi connectivity index (χ0v) is 14.2. The predicted octanol–water partition coefficient (Wildman–Crippen LogP) is 4.11. The molecule has 2 aromatic carbocycles. The Morgan fingerprint density at radius 1 is 1.13 bits per heavy atom. The molecule has 0 heterocycles. The van der Waals surface area contributed by atoms with Gasteiger partial charge in [-0.25, -0.2) is 4.79 Å². The third-order valence-electron chi connectivity index (χ3n) is 3.13. The van der Waals surface area contributed by atoms with Crippen LogP contribution in [-0.2, 0) is 4.74 Å². The van der Waals surface area contributed by atoms with Gasteiger partial charge in [0.15, 0.2) is 12.4 Å². The SMILES string of the molecule is COc1cc(SC)ccc1C(=O)OCC(=O)c1ccc(Cl)cc1. The van der Waals surface area contributed by atoms with Gasteiger partial charge in [0.05, 0.1) is 7.11 Å². The first-order valence-corrected chi connectivity index (χ1v) is 8.33. The molecule has 0 atom stereocenters. The maximum Gasteiger partial charge on any atom is 0.342 e. The molecule has 0 radical (unpaired) electrons. The van der Waals surface area contributed by atoms with E-state index in [1.165, 1.54) is 18.9 Å². The van der Waals surface area contributed by atoms with Gasteiger partial charge in [-0.3, -0.25) is 4.79 Å². The van der Waals surface area contributed by atoms with Crippen LogP contribution in [0.4, 0.5) is 0 Å². The highest BCUT2D eigenvalue weighted by atomic mass is 35.5. The number of ether oxygens (including phenoxy) is 2. The van der Waals surface area contributed by atoms with Crippen LogP contribution in [0.25, 0.3) is 0 Å². The second kappa shape index (κ2) is 8.04. The van der Waals surface area contributed by atoms with Crippen molar-refractivity contribution in [2.75, 3.05) is 20.0 Å². The Hall–Kier alpha value is -1.98. The normalized spacial score (nSPS) is 10.2. The van der Waals surface area contributed by atoms with Crippen molar-refractivity contribution in [3.8, 4) is 5.75 Å². The molecule has 0 saturated heterocycles. The van der Waals surface area contributed by atoms with E-state index in [2.05, 4.69) is 0 Å². The van der Waals surface area contributed by atoms with E-state index in [0.717, 1.165) is 4.90 Å². The van der Waals surface area contributed by atoms with Crippen LogP contribution in [0.15, 0.2) is 47.4 Å². The fourth-order valence-electron chi connectivity index (χ4n) is 1.90. The van der Waals surface area contributed by atoms with E-state index < -0.39 is 5.97 Å². The minimum absolute atomic E-state index is 0.286. The van der Waals surface area contributed by atoms with Gasteiger partial charge in [0.2, 0.25) is 0 Å². The van der Waals surface area contributed by atoms with Crippen LogP contribution in [0.3, 0.4) is 0 Å². The molecule has 0 bridgehead atoms. The number of Topliss-reactive ketones (excluding diaryl/α,β-unsaturated/α-hetero) is 1. The third kappa shape index (κ3) is 4.50. The molecule has 120 valence electrons. The van der Waals surface area contributed by atoms with Crippen LogP contribution >= 0.6 is 23.4 Å². The quantitative estimate of drug-likeness (QED) is 0.446. The lowest BCUT2D eigenvalue weighted by Crippen LogP contribution is -2.15. The highest BCUT2D eigenvalue weighted by Gasteiger charge is 2.16. The zero-order chi connectivity index (χ0) is 16.8. The summed E-state index contributed by atoms with van der Waals surface area (Å²) in [5.41, 5.74) is 0.723. The third-order valence-corrected chi connectivity index (χ3v) is 4.11. The van der Waals surface area contributed by atoms with Gasteiger partial charge in [-0.1, -0.05) is 11.6 Å². The number of rotatable bonds is 6. The van der Waals surface area contributed by atoms with Gasteiger partial charge in [-0.2, -0.15) is 0 Å². The predicted molar refractivity (Wildman–Crippen MR) is 90.8 cm³/mol. The van der Waals surface area contributed by atoms with Crippen LogP contribution in [0.2, 0.25) is 5.02 Å². The summed E-state index contributed by atoms with van der Waals surface area (Å²) in [5.74, 6) is -0.479. The van der Waals surface area contributed by atoms with Crippen LogP contribution in [0, 0.1) is 0 Å². The van der Waals surface area contributed by atoms with Crippen LogP contribution < -0.4 is 4.74 Å². The van der Waals surface area contributed by atoms with Gasteiger partial charge in [-0.15, -0.1) is 11.8 Å². The number of carbonyl (C=O) groups excluding carboxylic acids is 2. The summed E-state index contributed by atoms with van der Waals surface area (Å²) >= 11 is 7.31. The molecule has 0 saturated carbocycles. The molecule has 0 aliphatic carbocycles. The highest BCUT2D eigenvalue weighted by molar-refractivity contribution is 7.98. The first-order chi connectivity index (χ1) is 11.0. The summed E-state index contributed by atoms with van der Waals surface area (Å²) in [4.78, 5) is 25.1. The lowest BCUT2D eigenvalue weighted by atomic mass is 10.1. The molecule has 0 aliphatic heterocycles. The number of esters is 1. The fourth-order valence-corrected chi connectivity index (χ4v) is 2.45. The number of halogens is 1. The molecule has 6 heteroatoms. The molecule has 0 aliphatic rings. The minimum atomic E-state index is -0.600. The van der Waals surface area contributed by atoms with Crippen molar-refractivity contribution >= 4 is 35.1 Å². The molecular formula is C17H15ClO4S. The lowest BCUT2D eigenvalue weighted by molar-refractivity contribution is 0.0471. The van der Waals surface area contributed by atoms with E-state index in [1.54, 1.807) is 42.5 Å². The zero-order valence-electron chi connectivity index (χ0n) is 12.7. The van der Waals surface area contributed by atoms with Crippen molar-refractivity contribution in [3.05, 3.63) is 58.6 Å².